The summed E-state index contributed by atoms with van der Waals surface area (Å²) in [7, 11) is -3.74. The van der Waals surface area contributed by atoms with E-state index in [0.717, 1.165) is 46.6 Å². The highest BCUT2D eigenvalue weighted by molar-refractivity contribution is 6.96. The fourth-order valence-corrected chi connectivity index (χ4v) is 26.6. The molecule has 33 heavy (non-hydrogen) atoms. The van der Waals surface area contributed by atoms with E-state index in [1.54, 1.807) is 11.8 Å². The fourth-order valence-electron chi connectivity index (χ4n) is 8.85. The zero-order chi connectivity index (χ0) is 25.9. The van der Waals surface area contributed by atoms with E-state index in [1.807, 2.05) is 0 Å². The zero-order valence-electron chi connectivity index (χ0n) is 25.3. The van der Waals surface area contributed by atoms with Crippen molar-refractivity contribution < 1.29 is 0 Å². The van der Waals surface area contributed by atoms with E-state index in [0.29, 0.717) is 0 Å². The van der Waals surface area contributed by atoms with Crippen molar-refractivity contribution in [1.82, 2.24) is 9.96 Å². The van der Waals surface area contributed by atoms with Crippen molar-refractivity contribution in [2.75, 3.05) is 0 Å². The van der Waals surface area contributed by atoms with Crippen LogP contribution in [0.15, 0.2) is 0 Å². The summed E-state index contributed by atoms with van der Waals surface area (Å²) in [6.45, 7) is 40.0. The SMILES string of the molecule is C[C]1C(C)C(C)C(C)C1[Si](C)(C[Si](C)(NC(C)(C)C)C1[C](C)C(C)C(C)C1C)NC(C)(C)C. The average molecular weight is 493 g/mol. The molecule has 2 rings (SSSR count). The first-order valence-corrected chi connectivity index (χ1v) is 19.5. The summed E-state index contributed by atoms with van der Waals surface area (Å²) < 4.78 is 0. The minimum atomic E-state index is -1.87. The normalized spacial score (nSPS) is 40.7. The molecule has 0 heterocycles. The first-order chi connectivity index (χ1) is 14.7. The van der Waals surface area contributed by atoms with Crippen LogP contribution in [0.3, 0.4) is 0 Å². The van der Waals surface area contributed by atoms with Gasteiger partial charge in [0.05, 0.1) is 0 Å². The number of nitrogens with one attached hydrogen (secondary N) is 2. The van der Waals surface area contributed by atoms with Gasteiger partial charge in [0, 0.05) is 11.1 Å². The molecule has 2 aliphatic carbocycles. The third-order valence-corrected chi connectivity index (χ3v) is 23.4. The maximum absolute atomic E-state index is 4.40. The summed E-state index contributed by atoms with van der Waals surface area (Å²) in [6, 6.07) is 0. The Bertz CT molecular complexity index is 584. The molecule has 10 unspecified atom stereocenters. The van der Waals surface area contributed by atoms with Crippen LogP contribution in [-0.4, -0.2) is 27.5 Å². The Kier molecular flexibility index (Phi) is 8.67. The molecule has 0 amide bonds. The Labute approximate surface area is 211 Å². The second kappa shape index (κ2) is 9.67. The average Bonchev–Trinajstić information content (AvgIpc) is 2.91. The molecular weight excluding hydrogens is 433 g/mol. The van der Waals surface area contributed by atoms with Crippen LogP contribution in [-0.2, 0) is 0 Å². The molecule has 0 aromatic rings. The lowest BCUT2D eigenvalue weighted by Gasteiger charge is -2.52. The maximum Gasteiger partial charge on any atom is 0.125 e. The number of hydrogen-bond donors (Lipinski definition) is 2. The maximum atomic E-state index is 4.40. The second-order valence-corrected chi connectivity index (χ2v) is 24.0. The Balaban J connectivity index is 2.61. The molecule has 2 aliphatic rings. The largest absolute Gasteiger partial charge is 0.332 e. The van der Waals surface area contributed by atoms with Gasteiger partial charge < -0.3 is 9.96 Å². The highest BCUT2D eigenvalue weighted by Crippen LogP contribution is 2.59. The van der Waals surface area contributed by atoms with Crippen molar-refractivity contribution in [2.24, 2.45) is 35.5 Å². The quantitative estimate of drug-likeness (QED) is 0.365. The Hall–Kier alpha value is 0.354. The van der Waals surface area contributed by atoms with Crippen LogP contribution in [0.4, 0.5) is 0 Å². The monoisotopic (exact) mass is 492 g/mol. The van der Waals surface area contributed by atoms with E-state index in [4.69, 9.17) is 0 Å². The number of hydrogen-bond acceptors (Lipinski definition) is 2. The van der Waals surface area contributed by atoms with Crippen molar-refractivity contribution in [3.8, 4) is 0 Å². The molecule has 0 bridgehead atoms. The molecule has 2 saturated carbocycles. The van der Waals surface area contributed by atoms with Crippen LogP contribution in [0.1, 0.15) is 96.9 Å². The highest BCUT2D eigenvalue weighted by atomic mass is 28.4. The predicted octanol–water partition coefficient (Wildman–Crippen LogP) is 8.23. The van der Waals surface area contributed by atoms with E-state index in [1.165, 1.54) is 5.67 Å². The molecule has 10 atom stereocenters. The summed E-state index contributed by atoms with van der Waals surface area (Å²) in [5, 5.41) is 0. The van der Waals surface area contributed by atoms with Crippen molar-refractivity contribution >= 4 is 16.5 Å². The van der Waals surface area contributed by atoms with Gasteiger partial charge in [-0.2, -0.15) is 0 Å². The molecule has 2 radical (unpaired) electrons. The van der Waals surface area contributed by atoms with Gasteiger partial charge >= 0.3 is 0 Å². The summed E-state index contributed by atoms with van der Waals surface area (Å²) in [5.41, 5.74) is 3.21. The molecule has 194 valence electrons. The van der Waals surface area contributed by atoms with Crippen LogP contribution in [0, 0.1) is 47.3 Å². The van der Waals surface area contributed by atoms with Gasteiger partial charge in [0.2, 0.25) is 0 Å². The standard InChI is InChI=1S/C29H60N2Si2/c1-18-19(2)23(6)26(22(18)5)32(15,30-28(9,10)11)17-33(16,31-29(12,13)14)27-24(7)20(3)21(4)25(27)8/h18-22,24,26-27,30-31H,17H2,1-16H3. The molecular formula is C29H60N2Si2. The Morgan fingerprint density at radius 3 is 1.03 bits per heavy atom. The lowest BCUT2D eigenvalue weighted by molar-refractivity contribution is 0.378. The lowest BCUT2D eigenvalue weighted by Crippen LogP contribution is -2.70. The Morgan fingerprint density at radius 2 is 0.848 bits per heavy atom. The van der Waals surface area contributed by atoms with Crippen molar-refractivity contribution in [1.29, 1.82) is 0 Å². The molecule has 0 aromatic carbocycles. The van der Waals surface area contributed by atoms with Gasteiger partial charge in [-0.25, -0.2) is 0 Å². The summed E-state index contributed by atoms with van der Waals surface area (Å²) in [6.07, 6.45) is 0. The molecule has 0 aromatic heterocycles. The smallest absolute Gasteiger partial charge is 0.125 e. The molecule has 2 N–H and O–H groups in total. The second-order valence-electron chi connectivity index (χ2n) is 15.2. The van der Waals surface area contributed by atoms with Crippen LogP contribution in [0.5, 0.6) is 0 Å². The molecule has 2 nitrogen and oxygen atoms in total. The van der Waals surface area contributed by atoms with E-state index >= 15 is 0 Å². The first kappa shape index (κ1) is 29.6. The molecule has 2 fully saturated rings. The van der Waals surface area contributed by atoms with Gasteiger partial charge in [0.1, 0.15) is 16.5 Å². The van der Waals surface area contributed by atoms with Crippen molar-refractivity contribution in [2.45, 2.75) is 138 Å². The van der Waals surface area contributed by atoms with E-state index in [9.17, 15) is 0 Å². The van der Waals surface area contributed by atoms with Gasteiger partial charge in [-0.05, 0) is 106 Å². The summed E-state index contributed by atoms with van der Waals surface area (Å²) in [4.78, 5) is 8.79. The summed E-state index contributed by atoms with van der Waals surface area (Å²) >= 11 is 0. The van der Waals surface area contributed by atoms with Gasteiger partial charge in [0.15, 0.2) is 0 Å². The molecule has 0 saturated heterocycles. The Morgan fingerprint density at radius 1 is 0.576 bits per heavy atom. The zero-order valence-corrected chi connectivity index (χ0v) is 27.3. The minimum absolute atomic E-state index is 0.147. The van der Waals surface area contributed by atoms with Crippen LogP contribution in [0.25, 0.3) is 0 Å². The van der Waals surface area contributed by atoms with Crippen LogP contribution >= 0.6 is 0 Å². The van der Waals surface area contributed by atoms with Crippen LogP contribution in [0.2, 0.25) is 29.8 Å². The molecule has 0 spiro atoms. The lowest BCUT2D eigenvalue weighted by atomic mass is 9.92. The van der Waals surface area contributed by atoms with E-state index in [-0.39, 0.29) is 11.1 Å². The van der Waals surface area contributed by atoms with Gasteiger partial charge in [-0.3, -0.25) is 0 Å². The molecule has 0 aliphatic heterocycles. The summed E-state index contributed by atoms with van der Waals surface area (Å²) in [5.74, 6) is 8.15. The topological polar surface area (TPSA) is 24.1 Å². The van der Waals surface area contributed by atoms with Crippen molar-refractivity contribution in [3.05, 3.63) is 11.8 Å². The van der Waals surface area contributed by atoms with Crippen molar-refractivity contribution in [3.63, 3.8) is 0 Å². The highest BCUT2D eigenvalue weighted by Gasteiger charge is 2.59. The number of rotatable bonds is 6. The first-order valence-electron chi connectivity index (χ1n) is 13.9. The predicted molar refractivity (Wildman–Crippen MR) is 154 cm³/mol. The fraction of sp³-hybridized carbons (Fsp3) is 0.931. The van der Waals surface area contributed by atoms with Gasteiger partial charge in [-0.1, -0.05) is 68.5 Å². The van der Waals surface area contributed by atoms with Gasteiger partial charge in [-0.15, -0.1) is 0 Å². The third-order valence-electron chi connectivity index (χ3n) is 10.1. The van der Waals surface area contributed by atoms with E-state index in [2.05, 4.69) is 120 Å². The third kappa shape index (κ3) is 6.02. The van der Waals surface area contributed by atoms with E-state index < -0.39 is 16.5 Å². The van der Waals surface area contributed by atoms with Gasteiger partial charge in [0.25, 0.3) is 0 Å². The van der Waals surface area contributed by atoms with Crippen LogP contribution < -0.4 is 9.96 Å². The minimum Gasteiger partial charge on any atom is -0.332 e. The molecule has 4 heteroatoms.